The third kappa shape index (κ3) is 3.25. The molecule has 0 aromatic rings. The largest absolute Gasteiger partial charge is 0.389 e. The van der Waals surface area contributed by atoms with Crippen LogP contribution in [0, 0.1) is 0 Å². The molecule has 0 saturated carbocycles. The number of nitrogens with one attached hydrogen (secondary N) is 1. The molecule has 0 radical (unpaired) electrons. The van der Waals surface area contributed by atoms with E-state index < -0.39 is 5.60 Å². The summed E-state index contributed by atoms with van der Waals surface area (Å²) in [7, 11) is 0. The highest BCUT2D eigenvalue weighted by Gasteiger charge is 2.26. The summed E-state index contributed by atoms with van der Waals surface area (Å²) in [5.41, 5.74) is -0.522. The highest BCUT2D eigenvalue weighted by molar-refractivity contribution is 4.82. The van der Waals surface area contributed by atoms with Gasteiger partial charge in [-0.3, -0.25) is 4.90 Å². The van der Waals surface area contributed by atoms with Crippen LogP contribution >= 0.6 is 0 Å². The Labute approximate surface area is 81.1 Å². The number of rotatable bonds is 3. The number of nitrogens with zero attached hydrogens (tertiary/aromatic N) is 1. The van der Waals surface area contributed by atoms with Crippen LogP contribution in [0.4, 0.5) is 0 Å². The van der Waals surface area contributed by atoms with Crippen LogP contribution in [0.2, 0.25) is 0 Å². The first-order valence-corrected chi connectivity index (χ1v) is 5.22. The molecule has 1 aliphatic rings. The van der Waals surface area contributed by atoms with E-state index >= 15 is 0 Å². The topological polar surface area (TPSA) is 35.5 Å². The molecule has 0 aromatic carbocycles. The minimum absolute atomic E-state index is 0.522. The van der Waals surface area contributed by atoms with Crippen LogP contribution in [0.3, 0.4) is 0 Å². The van der Waals surface area contributed by atoms with Crippen molar-refractivity contribution in [3.63, 3.8) is 0 Å². The molecule has 13 heavy (non-hydrogen) atoms. The summed E-state index contributed by atoms with van der Waals surface area (Å²) < 4.78 is 0. The van der Waals surface area contributed by atoms with Crippen molar-refractivity contribution in [2.24, 2.45) is 0 Å². The molecule has 2 atom stereocenters. The number of piperazine rings is 1. The van der Waals surface area contributed by atoms with Crippen molar-refractivity contribution in [2.45, 2.75) is 38.8 Å². The Balaban J connectivity index is 2.42. The predicted molar refractivity (Wildman–Crippen MR) is 54.8 cm³/mol. The van der Waals surface area contributed by atoms with E-state index in [1.807, 2.05) is 13.8 Å². The van der Waals surface area contributed by atoms with Gasteiger partial charge in [-0.25, -0.2) is 0 Å². The van der Waals surface area contributed by atoms with Crippen LogP contribution in [0.1, 0.15) is 27.2 Å². The quantitative estimate of drug-likeness (QED) is 0.671. The lowest BCUT2D eigenvalue weighted by Gasteiger charge is -2.38. The van der Waals surface area contributed by atoms with Gasteiger partial charge in [0.25, 0.3) is 0 Å². The van der Waals surface area contributed by atoms with E-state index in [2.05, 4.69) is 17.1 Å². The monoisotopic (exact) mass is 186 g/mol. The second-order valence-corrected chi connectivity index (χ2v) is 4.37. The first-order chi connectivity index (χ1) is 6.05. The molecule has 1 heterocycles. The molecule has 0 spiro atoms. The molecular weight excluding hydrogens is 164 g/mol. The predicted octanol–water partition coefficient (Wildman–Crippen LogP) is 0.441. The van der Waals surface area contributed by atoms with E-state index in [9.17, 15) is 5.11 Å². The lowest BCUT2D eigenvalue weighted by molar-refractivity contribution is -0.0000267. The molecule has 0 amide bonds. The number of hydrogen-bond acceptors (Lipinski definition) is 3. The number of aliphatic hydroxyl groups is 1. The van der Waals surface area contributed by atoms with Gasteiger partial charge in [-0.1, -0.05) is 6.92 Å². The van der Waals surface area contributed by atoms with Crippen molar-refractivity contribution in [2.75, 3.05) is 26.2 Å². The summed E-state index contributed by atoms with van der Waals surface area (Å²) in [4.78, 5) is 2.36. The molecule has 0 bridgehead atoms. The second-order valence-electron chi connectivity index (χ2n) is 4.37. The maximum atomic E-state index is 9.93. The van der Waals surface area contributed by atoms with E-state index in [1.165, 1.54) is 0 Å². The van der Waals surface area contributed by atoms with Crippen molar-refractivity contribution >= 4 is 0 Å². The SMILES string of the molecule is CCC(C)(O)CN1CCNCC1C. The van der Waals surface area contributed by atoms with E-state index in [-0.39, 0.29) is 0 Å². The Morgan fingerprint density at radius 3 is 2.85 bits per heavy atom. The first kappa shape index (κ1) is 11.0. The molecule has 1 rings (SSSR count). The van der Waals surface area contributed by atoms with Gasteiger partial charge in [0.05, 0.1) is 5.60 Å². The Morgan fingerprint density at radius 1 is 1.62 bits per heavy atom. The molecule has 1 aliphatic heterocycles. The Morgan fingerprint density at radius 2 is 2.31 bits per heavy atom. The highest BCUT2D eigenvalue weighted by Crippen LogP contribution is 2.13. The van der Waals surface area contributed by atoms with Crippen molar-refractivity contribution in [3.8, 4) is 0 Å². The smallest absolute Gasteiger partial charge is 0.0743 e. The number of hydrogen-bond donors (Lipinski definition) is 2. The third-order valence-electron chi connectivity index (χ3n) is 2.94. The minimum Gasteiger partial charge on any atom is -0.389 e. The molecule has 1 saturated heterocycles. The van der Waals surface area contributed by atoms with E-state index in [0.717, 1.165) is 32.6 Å². The Bertz CT molecular complexity index is 159. The van der Waals surface area contributed by atoms with Crippen molar-refractivity contribution in [1.82, 2.24) is 10.2 Å². The van der Waals surface area contributed by atoms with E-state index in [0.29, 0.717) is 6.04 Å². The maximum Gasteiger partial charge on any atom is 0.0743 e. The Kier molecular flexibility index (Phi) is 3.71. The van der Waals surface area contributed by atoms with Gasteiger partial charge in [-0.2, -0.15) is 0 Å². The van der Waals surface area contributed by atoms with Gasteiger partial charge in [0.15, 0.2) is 0 Å². The van der Waals surface area contributed by atoms with Gasteiger partial charge < -0.3 is 10.4 Å². The molecule has 3 nitrogen and oxygen atoms in total. The summed E-state index contributed by atoms with van der Waals surface area (Å²) in [6.45, 7) is 10.1. The lowest BCUT2D eigenvalue weighted by atomic mass is 10.0. The normalized spacial score (nSPS) is 30.0. The first-order valence-electron chi connectivity index (χ1n) is 5.22. The Hall–Kier alpha value is -0.120. The molecule has 0 aromatic heterocycles. The molecule has 2 N–H and O–H groups in total. The summed E-state index contributed by atoms with van der Waals surface area (Å²) in [5.74, 6) is 0. The van der Waals surface area contributed by atoms with Gasteiger partial charge in [0.2, 0.25) is 0 Å². The third-order valence-corrected chi connectivity index (χ3v) is 2.94. The average molecular weight is 186 g/mol. The summed E-state index contributed by atoms with van der Waals surface area (Å²) >= 11 is 0. The van der Waals surface area contributed by atoms with Crippen LogP contribution in [0.15, 0.2) is 0 Å². The average Bonchev–Trinajstić information content (AvgIpc) is 2.09. The standard InChI is InChI=1S/C10H22N2O/c1-4-10(3,13)8-12-6-5-11-7-9(12)2/h9,11,13H,4-8H2,1-3H3. The van der Waals surface area contributed by atoms with Crippen LogP contribution in [-0.2, 0) is 0 Å². The van der Waals surface area contributed by atoms with Crippen LogP contribution in [-0.4, -0.2) is 47.8 Å². The zero-order valence-corrected chi connectivity index (χ0v) is 9.01. The fraction of sp³-hybridized carbons (Fsp3) is 1.00. The zero-order valence-electron chi connectivity index (χ0n) is 9.01. The fourth-order valence-corrected chi connectivity index (χ4v) is 1.67. The molecule has 3 heteroatoms. The van der Waals surface area contributed by atoms with Gasteiger partial charge in [-0.05, 0) is 20.3 Å². The zero-order chi connectivity index (χ0) is 9.90. The minimum atomic E-state index is -0.522. The second kappa shape index (κ2) is 4.40. The van der Waals surface area contributed by atoms with Crippen LogP contribution < -0.4 is 5.32 Å². The summed E-state index contributed by atoms with van der Waals surface area (Å²) in [6.07, 6.45) is 0.823. The molecular formula is C10H22N2O. The van der Waals surface area contributed by atoms with Gasteiger partial charge in [0.1, 0.15) is 0 Å². The highest BCUT2D eigenvalue weighted by atomic mass is 16.3. The van der Waals surface area contributed by atoms with Crippen LogP contribution in [0.5, 0.6) is 0 Å². The molecule has 78 valence electrons. The molecule has 1 fully saturated rings. The van der Waals surface area contributed by atoms with Crippen molar-refractivity contribution in [1.29, 1.82) is 0 Å². The van der Waals surface area contributed by atoms with Gasteiger partial charge in [0, 0.05) is 32.2 Å². The fourth-order valence-electron chi connectivity index (χ4n) is 1.67. The molecule has 2 unspecified atom stereocenters. The van der Waals surface area contributed by atoms with E-state index in [4.69, 9.17) is 0 Å². The lowest BCUT2D eigenvalue weighted by Crippen LogP contribution is -2.54. The van der Waals surface area contributed by atoms with Crippen LogP contribution in [0.25, 0.3) is 0 Å². The van der Waals surface area contributed by atoms with Crippen molar-refractivity contribution < 1.29 is 5.11 Å². The van der Waals surface area contributed by atoms with Gasteiger partial charge in [-0.15, -0.1) is 0 Å². The molecule has 0 aliphatic carbocycles. The van der Waals surface area contributed by atoms with E-state index in [1.54, 1.807) is 0 Å². The summed E-state index contributed by atoms with van der Waals surface area (Å²) in [5, 5.41) is 13.3. The van der Waals surface area contributed by atoms with Gasteiger partial charge >= 0.3 is 0 Å². The van der Waals surface area contributed by atoms with Crippen molar-refractivity contribution in [3.05, 3.63) is 0 Å². The summed E-state index contributed by atoms with van der Waals surface area (Å²) in [6, 6.07) is 0.548. The number of β-amino-alcohol motifs (C(OH)–C–C–N with tert-alkyl or cyclic N) is 1. The maximum absolute atomic E-state index is 9.93.